The maximum absolute atomic E-state index is 13.3. The second-order valence-corrected chi connectivity index (χ2v) is 10.3. The summed E-state index contributed by atoms with van der Waals surface area (Å²) in [6.07, 6.45) is 2.77. The first kappa shape index (κ1) is 34.9. The summed E-state index contributed by atoms with van der Waals surface area (Å²) in [5.41, 5.74) is 17.1. The van der Waals surface area contributed by atoms with Crippen LogP contribution in [0.3, 0.4) is 0 Å². The van der Waals surface area contributed by atoms with E-state index in [9.17, 15) is 28.8 Å². The topological polar surface area (TPSA) is 301 Å². The van der Waals surface area contributed by atoms with Gasteiger partial charge in [0.15, 0.2) is 5.96 Å². The highest BCUT2D eigenvalue weighted by molar-refractivity contribution is 6.02. The molecule has 0 radical (unpaired) electrons. The molecule has 15 N–H and O–H groups in total. The Morgan fingerprint density at radius 1 is 1.05 bits per heavy atom. The highest BCUT2D eigenvalue weighted by Crippen LogP contribution is 2.06. The Bertz CT molecular complexity index is 1100. The summed E-state index contributed by atoms with van der Waals surface area (Å²) in [6, 6.07) is -6.15. The minimum absolute atomic E-state index is 0.0409. The average molecular weight is 609 g/mol. The molecule has 240 valence electrons. The van der Waals surface area contributed by atoms with Crippen molar-refractivity contribution in [2.45, 2.75) is 75.8 Å². The molecule has 0 aromatic heterocycles. The predicted molar refractivity (Wildman–Crippen MR) is 156 cm³/mol. The first-order valence-corrected chi connectivity index (χ1v) is 14.1. The summed E-state index contributed by atoms with van der Waals surface area (Å²) in [5.74, 6) is -4.40. The van der Waals surface area contributed by atoms with Crippen molar-refractivity contribution in [3.05, 3.63) is 11.8 Å². The van der Waals surface area contributed by atoms with E-state index < -0.39 is 71.7 Å². The Kier molecular flexibility index (Phi) is 13.8. The van der Waals surface area contributed by atoms with Crippen molar-refractivity contribution in [1.29, 1.82) is 5.41 Å². The molecule has 2 rings (SSSR count). The number of nitrogens with two attached hydrogens (primary N) is 3. The van der Waals surface area contributed by atoms with E-state index in [0.717, 1.165) is 0 Å². The maximum atomic E-state index is 13.3. The van der Waals surface area contributed by atoms with Gasteiger partial charge in [-0.15, -0.1) is 0 Å². The van der Waals surface area contributed by atoms with E-state index in [1.165, 1.54) is 19.9 Å². The monoisotopic (exact) mass is 608 g/mol. The molecule has 0 aliphatic carbocycles. The minimum atomic E-state index is -1.37. The van der Waals surface area contributed by atoms with Crippen LogP contribution >= 0.6 is 0 Å². The van der Waals surface area contributed by atoms with E-state index in [-0.39, 0.29) is 31.2 Å². The molecule has 2 fully saturated rings. The quantitative estimate of drug-likeness (QED) is 0.115. The number of guanidine groups is 1. The molecule has 2 aliphatic rings. The number of rotatable bonds is 8. The first-order chi connectivity index (χ1) is 20.4. The van der Waals surface area contributed by atoms with Crippen LogP contribution in [0.15, 0.2) is 11.8 Å². The Labute approximate surface area is 249 Å². The number of allylic oxidation sites excluding steroid dienone is 1. The zero-order valence-corrected chi connectivity index (χ0v) is 24.4. The van der Waals surface area contributed by atoms with Crippen LogP contribution in [0.2, 0.25) is 0 Å². The molecule has 2 aliphatic heterocycles. The molecule has 43 heavy (non-hydrogen) atoms. The molecule has 0 aromatic rings. The van der Waals surface area contributed by atoms with Gasteiger partial charge < -0.3 is 59.7 Å². The van der Waals surface area contributed by atoms with E-state index in [1.807, 2.05) is 0 Å². The molecule has 0 bridgehead atoms. The molecule has 2 saturated heterocycles. The van der Waals surface area contributed by atoms with E-state index in [1.54, 1.807) is 0 Å². The van der Waals surface area contributed by atoms with Crippen molar-refractivity contribution in [3.63, 3.8) is 0 Å². The number of amides is 6. The molecule has 6 amide bonds. The Hall–Kier alpha value is -4.29. The third-order valence-corrected chi connectivity index (χ3v) is 6.80. The van der Waals surface area contributed by atoms with Crippen LogP contribution in [0.4, 0.5) is 0 Å². The fraction of sp³-hybridized carbons (Fsp3) is 0.640. The fourth-order valence-electron chi connectivity index (χ4n) is 4.27. The third kappa shape index (κ3) is 11.1. The normalized spacial score (nSPS) is 27.8. The first-order valence-electron chi connectivity index (χ1n) is 14.1. The van der Waals surface area contributed by atoms with Crippen molar-refractivity contribution >= 4 is 41.4 Å². The van der Waals surface area contributed by atoms with Gasteiger partial charge in [0, 0.05) is 32.1 Å². The molecule has 0 saturated carbocycles. The van der Waals surface area contributed by atoms with Crippen molar-refractivity contribution in [2.75, 3.05) is 26.2 Å². The summed E-state index contributed by atoms with van der Waals surface area (Å²) in [4.78, 5) is 77.6. The molecule has 2 heterocycles. The van der Waals surface area contributed by atoms with Crippen LogP contribution in [-0.4, -0.2) is 104 Å². The van der Waals surface area contributed by atoms with Crippen LogP contribution in [0.1, 0.15) is 39.5 Å². The van der Waals surface area contributed by atoms with Gasteiger partial charge in [0.2, 0.25) is 29.5 Å². The summed E-state index contributed by atoms with van der Waals surface area (Å²) in [6.45, 7) is 2.95. The summed E-state index contributed by atoms with van der Waals surface area (Å²) in [5, 5.41) is 28.4. The number of hydrogen-bond donors (Lipinski definition) is 12. The highest BCUT2D eigenvalue weighted by atomic mass is 16.2. The zero-order valence-electron chi connectivity index (χ0n) is 24.4. The Morgan fingerprint density at radius 3 is 2.42 bits per heavy atom. The highest BCUT2D eigenvalue weighted by Gasteiger charge is 2.35. The summed E-state index contributed by atoms with van der Waals surface area (Å²) in [7, 11) is 0. The van der Waals surface area contributed by atoms with E-state index in [4.69, 9.17) is 22.6 Å². The second kappa shape index (κ2) is 17.0. The predicted octanol–water partition coefficient (Wildman–Crippen LogP) is -5.60. The van der Waals surface area contributed by atoms with Gasteiger partial charge in [0.1, 0.15) is 29.9 Å². The van der Waals surface area contributed by atoms with Gasteiger partial charge >= 0.3 is 0 Å². The lowest BCUT2D eigenvalue weighted by Gasteiger charge is -2.33. The minimum Gasteiger partial charge on any atom is -0.357 e. The molecule has 18 nitrogen and oxygen atoms in total. The largest absolute Gasteiger partial charge is 0.357 e. The van der Waals surface area contributed by atoms with Gasteiger partial charge in [-0.25, -0.2) is 0 Å². The molecule has 6 atom stereocenters. The molecule has 0 aromatic carbocycles. The van der Waals surface area contributed by atoms with Crippen LogP contribution in [0.25, 0.3) is 0 Å². The number of hydrogen-bond acceptors (Lipinski definition) is 10. The van der Waals surface area contributed by atoms with Crippen LogP contribution < -0.4 is 59.7 Å². The Balaban J connectivity index is 2.30. The molecular weight excluding hydrogens is 564 g/mol. The summed E-state index contributed by atoms with van der Waals surface area (Å²) >= 11 is 0. The zero-order chi connectivity index (χ0) is 32.1. The molecule has 18 heteroatoms. The van der Waals surface area contributed by atoms with Gasteiger partial charge in [-0.2, -0.15) is 0 Å². The van der Waals surface area contributed by atoms with Crippen LogP contribution in [0.5, 0.6) is 0 Å². The molecular formula is C25H44N12O6. The molecule has 2 unspecified atom stereocenters. The number of carbonyl (C=O) groups is 6. The van der Waals surface area contributed by atoms with Gasteiger partial charge in [0.25, 0.3) is 5.91 Å². The number of nitrogens with one attached hydrogen (secondary N) is 9. The van der Waals surface area contributed by atoms with E-state index in [0.29, 0.717) is 32.4 Å². The van der Waals surface area contributed by atoms with Gasteiger partial charge in [-0.3, -0.25) is 34.2 Å². The smallest absolute Gasteiger partial charge is 0.268 e. The second-order valence-electron chi connectivity index (χ2n) is 10.3. The fourth-order valence-corrected chi connectivity index (χ4v) is 4.27. The van der Waals surface area contributed by atoms with Crippen molar-refractivity contribution in [3.8, 4) is 0 Å². The van der Waals surface area contributed by atoms with Crippen molar-refractivity contribution < 1.29 is 28.8 Å². The van der Waals surface area contributed by atoms with E-state index >= 15 is 0 Å². The van der Waals surface area contributed by atoms with Crippen molar-refractivity contribution in [2.24, 2.45) is 17.2 Å². The van der Waals surface area contributed by atoms with Gasteiger partial charge in [-0.1, -0.05) is 6.08 Å². The lowest BCUT2D eigenvalue weighted by Crippen LogP contribution is -2.64. The van der Waals surface area contributed by atoms with Gasteiger partial charge in [-0.05, 0) is 39.7 Å². The average Bonchev–Trinajstić information content (AvgIpc) is 2.97. The van der Waals surface area contributed by atoms with Crippen molar-refractivity contribution in [1.82, 2.24) is 42.5 Å². The maximum Gasteiger partial charge on any atom is 0.268 e. The summed E-state index contributed by atoms with van der Waals surface area (Å²) < 4.78 is 0. The lowest BCUT2D eigenvalue weighted by molar-refractivity contribution is -0.133. The van der Waals surface area contributed by atoms with Crippen LogP contribution in [0, 0.1) is 5.41 Å². The lowest BCUT2D eigenvalue weighted by atomic mass is 10.0. The Morgan fingerprint density at radius 2 is 1.77 bits per heavy atom. The van der Waals surface area contributed by atoms with Gasteiger partial charge in [0.05, 0.1) is 6.04 Å². The molecule has 0 spiro atoms. The third-order valence-electron chi connectivity index (χ3n) is 6.80. The standard InChI is InChI=1S/C25H44N12O6/c1-3-15-22(41)37-19(16-6-8-30-25(29)36-16)24(43)32-10-14(28)21(40)33-12(2)20(39)35-17(23(42)34-15)11-31-18(38)9-13(27)5-4-7-26/h3,12-14,16-17,19H,4-11,26-28H2,1-2H3,(H,31,38)(H,32,43)(H,33,40)(H,34,42)(H,35,39)(H,37,41)(H3,29,30,36)/b15-3-/t12-,13-,14?,16?,17-,19-/m0/s1. The SMILES string of the molecule is C/C=C1\NC(=O)[C@H](CNC(=O)C[C@@H](N)CCCN)NC(=O)[C@H](C)NC(=O)C(N)CNC(=O)[C@H](C2CCNC(=N)N2)NC1=O. The van der Waals surface area contributed by atoms with E-state index in [2.05, 4.69) is 42.5 Å². The van der Waals surface area contributed by atoms with Crippen LogP contribution in [-0.2, 0) is 28.8 Å². The number of carbonyl (C=O) groups excluding carboxylic acids is 6.